The number of halogens is 1. The van der Waals surface area contributed by atoms with E-state index in [-0.39, 0.29) is 37.1 Å². The van der Waals surface area contributed by atoms with Gasteiger partial charge in [-0.3, -0.25) is 4.79 Å². The highest BCUT2D eigenvalue weighted by molar-refractivity contribution is 5.95. The molecular formula is C14H21ClN2O3. The van der Waals surface area contributed by atoms with Crippen LogP contribution in [0.25, 0.3) is 0 Å². The Morgan fingerprint density at radius 1 is 1.45 bits per heavy atom. The summed E-state index contributed by atoms with van der Waals surface area (Å²) in [5.41, 5.74) is 1.80. The molecule has 1 fully saturated rings. The molecule has 0 saturated carbocycles. The predicted molar refractivity (Wildman–Crippen MR) is 80.3 cm³/mol. The molecule has 1 aromatic rings. The summed E-state index contributed by atoms with van der Waals surface area (Å²) in [5, 5.41) is 14.9. The first kappa shape index (κ1) is 16.9. The monoisotopic (exact) mass is 300 g/mol. The van der Waals surface area contributed by atoms with Gasteiger partial charge in [0.25, 0.3) is 0 Å². The summed E-state index contributed by atoms with van der Waals surface area (Å²) in [6, 6.07) is 7.18. The van der Waals surface area contributed by atoms with Crippen molar-refractivity contribution in [2.45, 2.75) is 25.5 Å². The van der Waals surface area contributed by atoms with Crippen LogP contribution in [-0.2, 0) is 16.0 Å². The minimum atomic E-state index is -0.314. The molecule has 0 aliphatic carbocycles. The zero-order valence-electron chi connectivity index (χ0n) is 11.5. The van der Waals surface area contributed by atoms with Gasteiger partial charge in [0.15, 0.2) is 0 Å². The number of nitrogens with one attached hydrogen (secondary N) is 2. The fourth-order valence-electron chi connectivity index (χ4n) is 2.13. The first-order chi connectivity index (χ1) is 9.20. The lowest BCUT2D eigenvalue weighted by Gasteiger charge is -2.29. The number of ether oxygens (including phenoxy) is 1. The molecule has 1 amide bonds. The first-order valence-corrected chi connectivity index (χ1v) is 6.56. The average molecular weight is 301 g/mol. The van der Waals surface area contributed by atoms with Crippen LogP contribution in [0.15, 0.2) is 24.3 Å². The third-order valence-electron chi connectivity index (χ3n) is 3.22. The predicted octanol–water partition coefficient (Wildman–Crippen LogP) is 0.959. The van der Waals surface area contributed by atoms with E-state index in [1.54, 1.807) is 0 Å². The van der Waals surface area contributed by atoms with E-state index in [0.29, 0.717) is 19.6 Å². The molecule has 0 aromatic heterocycles. The van der Waals surface area contributed by atoms with E-state index in [2.05, 4.69) is 10.6 Å². The van der Waals surface area contributed by atoms with Gasteiger partial charge in [0.1, 0.15) is 6.04 Å². The molecule has 112 valence electrons. The van der Waals surface area contributed by atoms with Crippen molar-refractivity contribution >= 4 is 24.0 Å². The van der Waals surface area contributed by atoms with Crippen molar-refractivity contribution in [3.05, 3.63) is 29.8 Å². The summed E-state index contributed by atoms with van der Waals surface area (Å²) in [6.45, 7) is 3.35. The number of rotatable bonds is 4. The molecule has 1 saturated heterocycles. The number of hydrogen-bond donors (Lipinski definition) is 3. The number of amides is 1. The van der Waals surface area contributed by atoms with Crippen LogP contribution in [0.5, 0.6) is 0 Å². The van der Waals surface area contributed by atoms with Gasteiger partial charge in [-0.15, -0.1) is 12.4 Å². The Balaban J connectivity index is 0.00000200. The number of anilines is 1. The van der Waals surface area contributed by atoms with Crippen LogP contribution in [-0.4, -0.2) is 42.9 Å². The molecule has 0 bridgehead atoms. The summed E-state index contributed by atoms with van der Waals surface area (Å²) in [5.74, 6) is -0.0814. The number of aliphatic hydroxyl groups excluding tert-OH is 1. The molecular weight excluding hydrogens is 280 g/mol. The Morgan fingerprint density at radius 3 is 2.75 bits per heavy atom. The molecule has 1 heterocycles. The molecule has 1 aliphatic rings. The lowest BCUT2D eigenvalue weighted by molar-refractivity contribution is -0.123. The second-order valence-corrected chi connectivity index (χ2v) is 4.67. The van der Waals surface area contributed by atoms with Crippen molar-refractivity contribution < 1.29 is 14.6 Å². The Morgan fingerprint density at radius 2 is 2.15 bits per heavy atom. The van der Waals surface area contributed by atoms with Gasteiger partial charge >= 0.3 is 0 Å². The van der Waals surface area contributed by atoms with Gasteiger partial charge in [-0.2, -0.15) is 0 Å². The lowest BCUT2D eigenvalue weighted by atomic mass is 10.1. The Bertz CT molecular complexity index is 425. The molecule has 1 aromatic carbocycles. The standard InChI is InChI=1S/C14H20N2O3.ClH/c1-10-13(15-7-9-19-10)14(18)16-12-4-2-11(3-5-12)6-8-17;/h2-5,10,13,15,17H,6-9H2,1H3,(H,16,18);1H/t10-,13+;/m1./s1. The SMILES string of the molecule is C[C@H]1OCCN[C@@H]1C(=O)Nc1ccc(CCO)cc1.Cl. The zero-order chi connectivity index (χ0) is 13.7. The Labute approximate surface area is 125 Å². The van der Waals surface area contributed by atoms with Crippen LogP contribution in [0.1, 0.15) is 12.5 Å². The fourth-order valence-corrected chi connectivity index (χ4v) is 2.13. The summed E-state index contributed by atoms with van der Waals surface area (Å²) in [6.07, 6.45) is 0.505. The van der Waals surface area contributed by atoms with Gasteiger partial charge in [0, 0.05) is 18.8 Å². The highest BCUT2D eigenvalue weighted by Crippen LogP contribution is 2.12. The maximum Gasteiger partial charge on any atom is 0.244 e. The summed E-state index contributed by atoms with van der Waals surface area (Å²) in [4.78, 5) is 12.1. The van der Waals surface area contributed by atoms with Gasteiger partial charge in [0.2, 0.25) is 5.91 Å². The van der Waals surface area contributed by atoms with Crippen molar-refractivity contribution in [2.24, 2.45) is 0 Å². The second kappa shape index (κ2) is 8.21. The molecule has 5 nitrogen and oxygen atoms in total. The normalized spacial score (nSPS) is 21.9. The largest absolute Gasteiger partial charge is 0.396 e. The van der Waals surface area contributed by atoms with Gasteiger partial charge in [-0.1, -0.05) is 12.1 Å². The van der Waals surface area contributed by atoms with Crippen molar-refractivity contribution in [2.75, 3.05) is 25.1 Å². The Hall–Kier alpha value is -1.14. The maximum atomic E-state index is 12.1. The molecule has 6 heteroatoms. The van der Waals surface area contributed by atoms with Gasteiger partial charge in [0.05, 0.1) is 12.7 Å². The number of benzene rings is 1. The highest BCUT2D eigenvalue weighted by atomic mass is 35.5. The van der Waals surface area contributed by atoms with Crippen LogP contribution in [0.3, 0.4) is 0 Å². The number of morpholine rings is 1. The molecule has 2 rings (SSSR count). The number of aliphatic hydroxyl groups is 1. The molecule has 0 spiro atoms. The first-order valence-electron chi connectivity index (χ1n) is 6.56. The van der Waals surface area contributed by atoms with E-state index in [9.17, 15) is 4.79 Å². The van der Waals surface area contributed by atoms with Crippen LogP contribution < -0.4 is 10.6 Å². The van der Waals surface area contributed by atoms with Crippen LogP contribution >= 0.6 is 12.4 Å². The smallest absolute Gasteiger partial charge is 0.244 e. The Kier molecular flexibility index (Phi) is 6.95. The molecule has 3 N–H and O–H groups in total. The fraction of sp³-hybridized carbons (Fsp3) is 0.500. The number of hydrogen-bond acceptors (Lipinski definition) is 4. The lowest BCUT2D eigenvalue weighted by Crippen LogP contribution is -2.53. The quantitative estimate of drug-likeness (QED) is 0.774. The third kappa shape index (κ3) is 4.45. The van der Waals surface area contributed by atoms with E-state index in [4.69, 9.17) is 9.84 Å². The highest BCUT2D eigenvalue weighted by Gasteiger charge is 2.28. The van der Waals surface area contributed by atoms with Crippen LogP contribution in [0.2, 0.25) is 0 Å². The van der Waals surface area contributed by atoms with E-state index >= 15 is 0 Å². The summed E-state index contributed by atoms with van der Waals surface area (Å²) < 4.78 is 5.45. The van der Waals surface area contributed by atoms with Crippen LogP contribution in [0, 0.1) is 0 Å². The van der Waals surface area contributed by atoms with Crippen molar-refractivity contribution in [3.63, 3.8) is 0 Å². The van der Waals surface area contributed by atoms with E-state index < -0.39 is 0 Å². The average Bonchev–Trinajstić information content (AvgIpc) is 2.42. The molecule has 0 radical (unpaired) electrons. The zero-order valence-corrected chi connectivity index (χ0v) is 12.3. The minimum Gasteiger partial charge on any atom is -0.396 e. The van der Waals surface area contributed by atoms with Crippen molar-refractivity contribution in [1.82, 2.24) is 5.32 Å². The minimum absolute atomic E-state index is 0. The van der Waals surface area contributed by atoms with E-state index in [1.807, 2.05) is 31.2 Å². The van der Waals surface area contributed by atoms with E-state index in [1.165, 1.54) is 0 Å². The topological polar surface area (TPSA) is 70.6 Å². The summed E-state index contributed by atoms with van der Waals surface area (Å²) in [7, 11) is 0. The van der Waals surface area contributed by atoms with Crippen LogP contribution in [0.4, 0.5) is 5.69 Å². The van der Waals surface area contributed by atoms with Crippen molar-refractivity contribution in [3.8, 4) is 0 Å². The second-order valence-electron chi connectivity index (χ2n) is 4.67. The summed E-state index contributed by atoms with van der Waals surface area (Å²) >= 11 is 0. The number of carbonyl (C=O) groups excluding carboxylic acids is 1. The molecule has 1 aliphatic heterocycles. The number of carbonyl (C=O) groups is 1. The molecule has 2 atom stereocenters. The van der Waals surface area contributed by atoms with Gasteiger partial charge in [-0.25, -0.2) is 0 Å². The van der Waals surface area contributed by atoms with E-state index in [0.717, 1.165) is 11.3 Å². The molecule has 20 heavy (non-hydrogen) atoms. The maximum absolute atomic E-state index is 12.1. The molecule has 0 unspecified atom stereocenters. The van der Waals surface area contributed by atoms with Gasteiger partial charge in [-0.05, 0) is 31.0 Å². The third-order valence-corrected chi connectivity index (χ3v) is 3.22. The van der Waals surface area contributed by atoms with Crippen molar-refractivity contribution in [1.29, 1.82) is 0 Å². The van der Waals surface area contributed by atoms with Gasteiger partial charge < -0.3 is 20.5 Å².